The fourth-order valence-corrected chi connectivity index (χ4v) is 20.6. The number of hydrogen-bond donors (Lipinski definition) is 0. The molecule has 0 fully saturated rings. The summed E-state index contributed by atoms with van der Waals surface area (Å²) in [5.41, 5.74) is 10.3. The third-order valence-corrected chi connectivity index (χ3v) is 22.1. The monoisotopic (exact) mass is 789 g/mol. The van der Waals surface area contributed by atoms with E-state index in [9.17, 15) is 0 Å². The Morgan fingerprint density at radius 3 is 1.81 bits per heavy atom. The van der Waals surface area contributed by atoms with Crippen molar-refractivity contribution in [2.24, 2.45) is 0 Å². The van der Waals surface area contributed by atoms with E-state index in [0.717, 1.165) is 61.2 Å². The molecule has 1 aliphatic heterocycles. The number of fused-ring (bicyclic) bond motifs is 10. The van der Waals surface area contributed by atoms with Crippen molar-refractivity contribution < 1.29 is 4.42 Å². The van der Waals surface area contributed by atoms with Crippen molar-refractivity contribution in [2.45, 2.75) is 0 Å². The predicted octanol–water partition coefficient (Wildman–Crippen LogP) is 10.2. The molecule has 0 radical (unpaired) electrons. The molecule has 0 spiro atoms. The molecule has 0 amide bonds. The van der Waals surface area contributed by atoms with E-state index in [0.29, 0.717) is 5.82 Å². The van der Waals surface area contributed by atoms with Gasteiger partial charge in [-0.2, -0.15) is 0 Å². The van der Waals surface area contributed by atoms with Gasteiger partial charge in [0.1, 0.15) is 0 Å². The number of nitrogens with zero attached hydrogens (tertiary/aromatic N) is 3. The average molecular weight is 788 g/mol. The van der Waals surface area contributed by atoms with E-state index in [1.165, 1.54) is 33.9 Å². The Labute approximate surface area is 331 Å². The van der Waals surface area contributed by atoms with Gasteiger partial charge in [-0.15, -0.1) is 0 Å². The van der Waals surface area contributed by atoms with E-state index in [1.54, 1.807) is 0 Å². The van der Waals surface area contributed by atoms with Gasteiger partial charge in [0.15, 0.2) is 0 Å². The van der Waals surface area contributed by atoms with E-state index in [-0.39, 0.29) is 0 Å². The van der Waals surface area contributed by atoms with Crippen LogP contribution in [-0.2, 0) is 0 Å². The topological polar surface area (TPSA) is 43.9 Å². The van der Waals surface area contributed by atoms with Crippen molar-refractivity contribution in [1.29, 1.82) is 0 Å². The summed E-state index contributed by atoms with van der Waals surface area (Å²) >= 11 is -3.69. The van der Waals surface area contributed by atoms with Crippen LogP contribution in [0.1, 0.15) is 0 Å². The molecule has 0 aliphatic carbocycles. The number of furan rings is 1. The van der Waals surface area contributed by atoms with Crippen LogP contribution in [0.3, 0.4) is 0 Å². The maximum absolute atomic E-state index is 6.47. The maximum atomic E-state index is 6.47. The van der Waals surface area contributed by atoms with Crippen molar-refractivity contribution in [3.63, 3.8) is 0 Å². The SMILES string of the molecule is c1ccc(-c2nc(-c3ccccc3-n3c4ccccc4c4ccc5oc6ccccc6c5c43)nc3[c]2[Ge]([c]2ccccc2)([c]2ccccc2)[c]2ccccc2-3)cc1. The molecule has 57 heavy (non-hydrogen) atoms. The molecule has 0 unspecified atom stereocenters. The molecule has 266 valence electrons. The van der Waals surface area contributed by atoms with Crippen LogP contribution in [0, 0.1) is 0 Å². The first-order valence-corrected chi connectivity index (χ1v) is 23.6. The van der Waals surface area contributed by atoms with Gasteiger partial charge in [-0.25, -0.2) is 0 Å². The molecule has 8 aromatic carbocycles. The summed E-state index contributed by atoms with van der Waals surface area (Å²) < 4.78 is 14.3. The van der Waals surface area contributed by atoms with Gasteiger partial charge in [-0.05, 0) is 0 Å². The second-order valence-electron chi connectivity index (χ2n) is 14.8. The summed E-state index contributed by atoms with van der Waals surface area (Å²) in [5, 5.41) is 4.57. The average Bonchev–Trinajstić information content (AvgIpc) is 3.93. The molecule has 0 saturated carbocycles. The number of para-hydroxylation sites is 3. The molecule has 0 saturated heterocycles. The molecule has 0 bridgehead atoms. The van der Waals surface area contributed by atoms with Gasteiger partial charge in [0.2, 0.25) is 0 Å². The van der Waals surface area contributed by atoms with E-state index >= 15 is 0 Å². The first-order valence-electron chi connectivity index (χ1n) is 19.4. The summed E-state index contributed by atoms with van der Waals surface area (Å²) in [6.45, 7) is 0. The van der Waals surface area contributed by atoms with Crippen molar-refractivity contribution in [3.05, 3.63) is 200 Å². The Morgan fingerprint density at radius 1 is 0.439 bits per heavy atom. The molecule has 1 aliphatic rings. The summed E-state index contributed by atoms with van der Waals surface area (Å²) in [4.78, 5) is 11.5. The Kier molecular flexibility index (Phi) is 7.07. The number of benzene rings is 8. The van der Waals surface area contributed by atoms with Gasteiger partial charge >= 0.3 is 327 Å². The number of aromatic nitrogens is 3. The zero-order valence-electron chi connectivity index (χ0n) is 30.8. The van der Waals surface area contributed by atoms with Crippen molar-refractivity contribution in [1.82, 2.24) is 14.5 Å². The first-order chi connectivity index (χ1) is 28.3. The van der Waals surface area contributed by atoms with Gasteiger partial charge in [0.25, 0.3) is 0 Å². The second-order valence-corrected chi connectivity index (χ2v) is 22.6. The molecular formula is C52H33GeN3O. The minimum absolute atomic E-state index is 0.701. The molecule has 5 heteroatoms. The van der Waals surface area contributed by atoms with Crippen LogP contribution in [-0.4, -0.2) is 27.8 Å². The van der Waals surface area contributed by atoms with Crippen LogP contribution in [0.15, 0.2) is 205 Å². The molecule has 11 aromatic rings. The third kappa shape index (κ3) is 4.56. The molecule has 4 nitrogen and oxygen atoms in total. The van der Waals surface area contributed by atoms with E-state index in [1.807, 2.05) is 6.07 Å². The summed E-state index contributed by atoms with van der Waals surface area (Å²) in [7, 11) is 0. The van der Waals surface area contributed by atoms with Crippen LogP contribution >= 0.6 is 0 Å². The minimum atomic E-state index is -3.69. The van der Waals surface area contributed by atoms with Crippen molar-refractivity contribution in [2.75, 3.05) is 0 Å². The molecule has 12 rings (SSSR count). The van der Waals surface area contributed by atoms with Gasteiger partial charge in [0.05, 0.1) is 0 Å². The van der Waals surface area contributed by atoms with Crippen LogP contribution in [0.4, 0.5) is 0 Å². The Bertz CT molecular complexity index is 3310. The molecule has 3 aromatic heterocycles. The van der Waals surface area contributed by atoms with Crippen molar-refractivity contribution in [3.8, 4) is 39.6 Å². The zero-order valence-corrected chi connectivity index (χ0v) is 32.9. The molecule has 0 N–H and O–H groups in total. The van der Waals surface area contributed by atoms with Crippen LogP contribution in [0.2, 0.25) is 0 Å². The molecule has 4 heterocycles. The Hall–Kier alpha value is -7.02. The van der Waals surface area contributed by atoms with E-state index in [2.05, 4.69) is 199 Å². The summed E-state index contributed by atoms with van der Waals surface area (Å²) in [6.07, 6.45) is 0. The Balaban J connectivity index is 1.22. The quantitative estimate of drug-likeness (QED) is 0.163. The zero-order chi connectivity index (χ0) is 37.5. The summed E-state index contributed by atoms with van der Waals surface area (Å²) in [5.74, 6) is 0.701. The fourth-order valence-electron chi connectivity index (χ4n) is 9.60. The van der Waals surface area contributed by atoms with Crippen LogP contribution in [0.5, 0.6) is 0 Å². The number of rotatable bonds is 5. The van der Waals surface area contributed by atoms with Gasteiger partial charge in [-0.1, -0.05) is 6.07 Å². The molecular weight excluding hydrogens is 755 g/mol. The second kappa shape index (κ2) is 12.5. The van der Waals surface area contributed by atoms with Crippen molar-refractivity contribution >= 4 is 74.6 Å². The van der Waals surface area contributed by atoms with Gasteiger partial charge in [-0.3, -0.25) is 0 Å². The molecule has 0 atom stereocenters. The van der Waals surface area contributed by atoms with Crippen LogP contribution < -0.4 is 17.6 Å². The van der Waals surface area contributed by atoms with Crippen LogP contribution in [0.25, 0.3) is 83.3 Å². The standard InChI is InChI=1S/C52H33GeN3O/c1-4-18-34(19-5-1)49-48-50(39-25-10-14-28-42(39)53(48,35-20-6-2-7-21-35)36-22-8-3-9-23-36)55-52(54-49)40-26-12-16-30-44(40)56-43-29-15-11-24-37(43)38-32-33-46-47(51(38)56)41-27-13-17-31-45(41)57-46/h1-33H. The van der Waals surface area contributed by atoms with E-state index < -0.39 is 13.3 Å². The van der Waals surface area contributed by atoms with Gasteiger partial charge < -0.3 is 0 Å². The van der Waals surface area contributed by atoms with E-state index in [4.69, 9.17) is 14.4 Å². The third-order valence-electron chi connectivity index (χ3n) is 11.9. The normalized spacial score (nSPS) is 13.1. The predicted molar refractivity (Wildman–Crippen MR) is 237 cm³/mol. The fraction of sp³-hybridized carbons (Fsp3) is 0. The summed E-state index contributed by atoms with van der Waals surface area (Å²) in [6, 6.07) is 72.0. The number of hydrogen-bond acceptors (Lipinski definition) is 3. The van der Waals surface area contributed by atoms with Gasteiger partial charge in [0, 0.05) is 0 Å². The Morgan fingerprint density at radius 2 is 1.04 bits per heavy atom. The first kappa shape index (κ1) is 32.2.